The number of rotatable bonds is 4. The standard InChI is InChI=1S/C12H19N3O/c1-2-14-10-13-7-12(14)8-15-6-4-3-5-11(15)9-16/h7,9-11H,2-6,8H2,1H3. The van der Waals surface area contributed by atoms with E-state index in [2.05, 4.69) is 21.4 Å². The third-order valence-electron chi connectivity index (χ3n) is 3.33. The minimum Gasteiger partial charge on any atom is -0.334 e. The highest BCUT2D eigenvalue weighted by Gasteiger charge is 2.22. The predicted octanol–water partition coefficient (Wildman–Crippen LogP) is 1.46. The van der Waals surface area contributed by atoms with Gasteiger partial charge >= 0.3 is 0 Å². The van der Waals surface area contributed by atoms with Crippen LogP contribution in [0.25, 0.3) is 0 Å². The average molecular weight is 221 g/mol. The van der Waals surface area contributed by atoms with E-state index in [4.69, 9.17) is 0 Å². The van der Waals surface area contributed by atoms with E-state index in [9.17, 15) is 4.79 Å². The fourth-order valence-corrected chi connectivity index (χ4v) is 2.34. The number of carbonyl (C=O) groups is 1. The van der Waals surface area contributed by atoms with Crippen LogP contribution >= 0.6 is 0 Å². The Morgan fingerprint density at radius 1 is 1.56 bits per heavy atom. The molecule has 4 heteroatoms. The van der Waals surface area contributed by atoms with E-state index in [1.54, 1.807) is 0 Å². The summed E-state index contributed by atoms with van der Waals surface area (Å²) in [6, 6.07) is 0.106. The van der Waals surface area contributed by atoms with Gasteiger partial charge in [0, 0.05) is 19.3 Å². The molecular weight excluding hydrogens is 202 g/mol. The topological polar surface area (TPSA) is 38.1 Å². The first-order valence-electron chi connectivity index (χ1n) is 6.03. The van der Waals surface area contributed by atoms with Gasteiger partial charge < -0.3 is 9.36 Å². The van der Waals surface area contributed by atoms with Gasteiger partial charge in [-0.3, -0.25) is 4.90 Å². The van der Waals surface area contributed by atoms with Crippen molar-refractivity contribution in [2.75, 3.05) is 6.54 Å². The van der Waals surface area contributed by atoms with Crippen LogP contribution < -0.4 is 0 Å². The quantitative estimate of drug-likeness (QED) is 0.722. The predicted molar refractivity (Wildman–Crippen MR) is 62.0 cm³/mol. The zero-order valence-corrected chi connectivity index (χ0v) is 9.80. The lowest BCUT2D eigenvalue weighted by molar-refractivity contribution is -0.113. The summed E-state index contributed by atoms with van der Waals surface area (Å²) < 4.78 is 2.14. The number of hydrogen-bond acceptors (Lipinski definition) is 3. The zero-order valence-electron chi connectivity index (χ0n) is 9.80. The molecule has 88 valence electrons. The van der Waals surface area contributed by atoms with Crippen LogP contribution in [0.15, 0.2) is 12.5 Å². The molecule has 0 N–H and O–H groups in total. The number of carbonyl (C=O) groups excluding carboxylic acids is 1. The molecule has 0 spiro atoms. The SMILES string of the molecule is CCn1cncc1CN1CCCCC1C=O. The fourth-order valence-electron chi connectivity index (χ4n) is 2.34. The number of piperidine rings is 1. The number of nitrogens with zero attached hydrogens (tertiary/aromatic N) is 3. The number of aryl methyl sites for hydroxylation is 1. The maximum atomic E-state index is 11.0. The Morgan fingerprint density at radius 2 is 2.44 bits per heavy atom. The van der Waals surface area contributed by atoms with Crippen molar-refractivity contribution < 1.29 is 4.79 Å². The van der Waals surface area contributed by atoms with Crippen LogP contribution in [0.1, 0.15) is 31.9 Å². The Bertz CT molecular complexity index is 348. The summed E-state index contributed by atoms with van der Waals surface area (Å²) in [7, 11) is 0. The van der Waals surface area contributed by atoms with Crippen molar-refractivity contribution in [3.8, 4) is 0 Å². The molecule has 1 aliphatic rings. The molecule has 4 nitrogen and oxygen atoms in total. The van der Waals surface area contributed by atoms with Crippen molar-refractivity contribution >= 4 is 6.29 Å². The van der Waals surface area contributed by atoms with Crippen LogP contribution in [0.5, 0.6) is 0 Å². The Hall–Kier alpha value is -1.16. The van der Waals surface area contributed by atoms with Crippen LogP contribution in [0.4, 0.5) is 0 Å². The van der Waals surface area contributed by atoms with Gasteiger partial charge in [-0.25, -0.2) is 4.98 Å². The van der Waals surface area contributed by atoms with Gasteiger partial charge in [0.05, 0.1) is 18.1 Å². The van der Waals surface area contributed by atoms with E-state index in [1.807, 2.05) is 12.5 Å². The molecule has 1 aliphatic heterocycles. The molecule has 1 fully saturated rings. The minimum atomic E-state index is 0.106. The molecule has 0 aliphatic carbocycles. The second-order valence-electron chi connectivity index (χ2n) is 4.34. The second kappa shape index (κ2) is 5.25. The summed E-state index contributed by atoms with van der Waals surface area (Å²) in [5, 5.41) is 0. The van der Waals surface area contributed by atoms with Gasteiger partial charge in [0.1, 0.15) is 6.29 Å². The Kier molecular flexibility index (Phi) is 3.72. The van der Waals surface area contributed by atoms with Crippen LogP contribution in [0.2, 0.25) is 0 Å². The van der Waals surface area contributed by atoms with Crippen LogP contribution in [0, 0.1) is 0 Å². The average Bonchev–Trinajstić information content (AvgIpc) is 2.77. The van der Waals surface area contributed by atoms with Crippen molar-refractivity contribution in [2.45, 2.75) is 45.3 Å². The van der Waals surface area contributed by atoms with E-state index in [1.165, 1.54) is 18.5 Å². The first kappa shape index (κ1) is 11.3. The summed E-state index contributed by atoms with van der Waals surface area (Å²) in [5.41, 5.74) is 1.20. The van der Waals surface area contributed by atoms with Gasteiger partial charge in [-0.15, -0.1) is 0 Å². The van der Waals surface area contributed by atoms with E-state index in [0.717, 1.165) is 32.3 Å². The molecule has 0 aromatic carbocycles. The number of aldehydes is 1. The fraction of sp³-hybridized carbons (Fsp3) is 0.667. The summed E-state index contributed by atoms with van der Waals surface area (Å²) in [6.45, 7) is 4.92. The lowest BCUT2D eigenvalue weighted by atomic mass is 10.0. The molecule has 0 bridgehead atoms. The molecule has 2 heterocycles. The van der Waals surface area contributed by atoms with Gasteiger partial charge in [-0.2, -0.15) is 0 Å². The van der Waals surface area contributed by atoms with E-state index in [0.29, 0.717) is 0 Å². The Balaban J connectivity index is 2.04. The number of imidazole rings is 1. The molecule has 0 saturated carbocycles. The van der Waals surface area contributed by atoms with Gasteiger partial charge in [0.25, 0.3) is 0 Å². The summed E-state index contributed by atoms with van der Waals surface area (Å²) in [4.78, 5) is 17.4. The first-order valence-corrected chi connectivity index (χ1v) is 6.03. The highest BCUT2D eigenvalue weighted by molar-refractivity contribution is 5.57. The minimum absolute atomic E-state index is 0.106. The monoisotopic (exact) mass is 221 g/mol. The zero-order chi connectivity index (χ0) is 11.4. The molecule has 1 saturated heterocycles. The van der Waals surface area contributed by atoms with Crippen LogP contribution in [0.3, 0.4) is 0 Å². The lowest BCUT2D eigenvalue weighted by Crippen LogP contribution is -2.40. The largest absolute Gasteiger partial charge is 0.334 e. The number of likely N-dealkylation sites (tertiary alicyclic amines) is 1. The molecule has 1 aromatic heterocycles. The maximum absolute atomic E-state index is 11.0. The van der Waals surface area contributed by atoms with E-state index in [-0.39, 0.29) is 6.04 Å². The molecular formula is C12H19N3O. The van der Waals surface area contributed by atoms with Crippen molar-refractivity contribution in [2.24, 2.45) is 0 Å². The molecule has 0 radical (unpaired) electrons. The van der Waals surface area contributed by atoms with Crippen molar-refractivity contribution in [3.63, 3.8) is 0 Å². The van der Waals surface area contributed by atoms with Gasteiger partial charge in [0.15, 0.2) is 0 Å². The van der Waals surface area contributed by atoms with Gasteiger partial charge in [0.2, 0.25) is 0 Å². The lowest BCUT2D eigenvalue weighted by Gasteiger charge is -2.32. The van der Waals surface area contributed by atoms with E-state index >= 15 is 0 Å². The highest BCUT2D eigenvalue weighted by atomic mass is 16.1. The summed E-state index contributed by atoms with van der Waals surface area (Å²) in [6.07, 6.45) is 8.22. The normalized spacial score (nSPS) is 22.2. The highest BCUT2D eigenvalue weighted by Crippen LogP contribution is 2.18. The molecule has 1 atom stereocenters. The third kappa shape index (κ3) is 2.32. The summed E-state index contributed by atoms with van der Waals surface area (Å²) in [5.74, 6) is 0. The van der Waals surface area contributed by atoms with Crippen LogP contribution in [-0.4, -0.2) is 33.3 Å². The molecule has 1 unspecified atom stereocenters. The molecule has 1 aromatic rings. The van der Waals surface area contributed by atoms with Gasteiger partial charge in [-0.05, 0) is 26.3 Å². The third-order valence-corrected chi connectivity index (χ3v) is 3.33. The first-order chi connectivity index (χ1) is 7.85. The Morgan fingerprint density at radius 3 is 3.19 bits per heavy atom. The second-order valence-corrected chi connectivity index (χ2v) is 4.34. The molecule has 2 rings (SSSR count). The number of aromatic nitrogens is 2. The van der Waals surface area contributed by atoms with Crippen molar-refractivity contribution in [1.29, 1.82) is 0 Å². The smallest absolute Gasteiger partial charge is 0.137 e. The molecule has 16 heavy (non-hydrogen) atoms. The van der Waals surface area contributed by atoms with Crippen LogP contribution in [-0.2, 0) is 17.9 Å². The van der Waals surface area contributed by atoms with Gasteiger partial charge in [-0.1, -0.05) is 6.42 Å². The molecule has 0 amide bonds. The maximum Gasteiger partial charge on any atom is 0.137 e. The Labute approximate surface area is 96.3 Å². The van der Waals surface area contributed by atoms with E-state index < -0.39 is 0 Å². The summed E-state index contributed by atoms with van der Waals surface area (Å²) >= 11 is 0. The van der Waals surface area contributed by atoms with Crippen molar-refractivity contribution in [3.05, 3.63) is 18.2 Å². The van der Waals surface area contributed by atoms with Crippen molar-refractivity contribution in [1.82, 2.24) is 14.5 Å². The number of hydrogen-bond donors (Lipinski definition) is 0.